The summed E-state index contributed by atoms with van der Waals surface area (Å²) < 4.78 is 5.23. The van der Waals surface area contributed by atoms with Crippen LogP contribution < -0.4 is 4.74 Å². The normalized spacial score (nSPS) is 25.4. The molecule has 0 amide bonds. The smallest absolute Gasteiger partial charge is 0.119 e. The van der Waals surface area contributed by atoms with Crippen molar-refractivity contribution >= 4 is 0 Å². The maximum atomic E-state index is 9.89. The van der Waals surface area contributed by atoms with E-state index in [9.17, 15) is 5.11 Å². The standard InChI is InChI=1S/C15H22O2/c1-11-9-14(17-2)7-8-15(11)12-5-3-4-6-13(16)10-12/h7-9,12-13,16H,3-6,10H2,1-2H3. The van der Waals surface area contributed by atoms with E-state index in [4.69, 9.17) is 4.74 Å². The van der Waals surface area contributed by atoms with E-state index in [2.05, 4.69) is 19.1 Å². The third-order valence-electron chi connectivity index (χ3n) is 3.81. The Bertz CT molecular complexity index is 373. The molecule has 0 spiro atoms. The van der Waals surface area contributed by atoms with Crippen LogP contribution in [0.2, 0.25) is 0 Å². The third-order valence-corrected chi connectivity index (χ3v) is 3.81. The molecular formula is C15H22O2. The van der Waals surface area contributed by atoms with E-state index < -0.39 is 0 Å². The van der Waals surface area contributed by atoms with Crippen LogP contribution in [-0.2, 0) is 0 Å². The Hall–Kier alpha value is -1.02. The molecule has 1 saturated carbocycles. The summed E-state index contributed by atoms with van der Waals surface area (Å²) in [6.45, 7) is 2.13. The van der Waals surface area contributed by atoms with Gasteiger partial charge in [0.2, 0.25) is 0 Å². The average Bonchev–Trinajstić information content (AvgIpc) is 2.53. The van der Waals surface area contributed by atoms with Crippen molar-refractivity contribution in [2.24, 2.45) is 0 Å². The third kappa shape index (κ3) is 3.01. The first-order chi connectivity index (χ1) is 8.20. The van der Waals surface area contributed by atoms with E-state index in [1.54, 1.807) is 7.11 Å². The first-order valence-corrected chi connectivity index (χ1v) is 6.53. The Kier molecular flexibility index (Phi) is 4.06. The monoisotopic (exact) mass is 234 g/mol. The van der Waals surface area contributed by atoms with Crippen LogP contribution in [0.15, 0.2) is 18.2 Å². The summed E-state index contributed by atoms with van der Waals surface area (Å²) in [4.78, 5) is 0. The Labute approximate surface area is 104 Å². The number of methoxy groups -OCH3 is 1. The molecule has 17 heavy (non-hydrogen) atoms. The zero-order chi connectivity index (χ0) is 12.3. The predicted octanol–water partition coefficient (Wildman–Crippen LogP) is 3.41. The first-order valence-electron chi connectivity index (χ1n) is 6.53. The van der Waals surface area contributed by atoms with Gasteiger partial charge in [-0.3, -0.25) is 0 Å². The summed E-state index contributed by atoms with van der Waals surface area (Å²) in [6.07, 6.45) is 5.34. The highest BCUT2D eigenvalue weighted by molar-refractivity contribution is 5.37. The van der Waals surface area contributed by atoms with Gasteiger partial charge in [0.15, 0.2) is 0 Å². The van der Waals surface area contributed by atoms with Crippen LogP contribution in [0.25, 0.3) is 0 Å². The fourth-order valence-electron chi connectivity index (χ4n) is 2.85. The van der Waals surface area contributed by atoms with Gasteiger partial charge >= 0.3 is 0 Å². The van der Waals surface area contributed by atoms with Gasteiger partial charge in [-0.2, -0.15) is 0 Å². The number of rotatable bonds is 2. The van der Waals surface area contributed by atoms with Gasteiger partial charge in [-0.1, -0.05) is 18.9 Å². The predicted molar refractivity (Wildman–Crippen MR) is 69.6 cm³/mol. The molecular weight excluding hydrogens is 212 g/mol. The Balaban J connectivity index is 2.20. The molecule has 0 saturated heterocycles. The lowest BCUT2D eigenvalue weighted by Gasteiger charge is -2.19. The van der Waals surface area contributed by atoms with Crippen LogP contribution in [-0.4, -0.2) is 18.3 Å². The Morgan fingerprint density at radius 1 is 1.24 bits per heavy atom. The fourth-order valence-corrected chi connectivity index (χ4v) is 2.85. The minimum atomic E-state index is -0.121. The largest absolute Gasteiger partial charge is 0.497 e. The van der Waals surface area contributed by atoms with Crippen LogP contribution in [0, 0.1) is 6.92 Å². The Morgan fingerprint density at radius 2 is 2.00 bits per heavy atom. The maximum Gasteiger partial charge on any atom is 0.119 e. The molecule has 2 unspecified atom stereocenters. The average molecular weight is 234 g/mol. The van der Waals surface area contributed by atoms with Gasteiger partial charge < -0.3 is 9.84 Å². The minimum Gasteiger partial charge on any atom is -0.497 e. The summed E-state index contributed by atoms with van der Waals surface area (Å²) in [5.41, 5.74) is 2.66. The van der Waals surface area contributed by atoms with Crippen molar-refractivity contribution in [2.45, 2.75) is 51.0 Å². The number of benzene rings is 1. The molecule has 2 rings (SSSR count). The Morgan fingerprint density at radius 3 is 2.71 bits per heavy atom. The molecule has 0 heterocycles. The van der Waals surface area contributed by atoms with E-state index in [0.717, 1.165) is 25.0 Å². The highest BCUT2D eigenvalue weighted by atomic mass is 16.5. The highest BCUT2D eigenvalue weighted by Crippen LogP contribution is 2.34. The van der Waals surface area contributed by atoms with Crippen LogP contribution in [0.4, 0.5) is 0 Å². The van der Waals surface area contributed by atoms with E-state index in [0.29, 0.717) is 5.92 Å². The summed E-state index contributed by atoms with van der Waals surface area (Å²) in [5, 5.41) is 9.89. The van der Waals surface area contributed by atoms with Gasteiger partial charge in [0.05, 0.1) is 13.2 Å². The lowest BCUT2D eigenvalue weighted by molar-refractivity contribution is 0.152. The van der Waals surface area contributed by atoms with Gasteiger partial charge in [-0.05, 0) is 55.4 Å². The van der Waals surface area contributed by atoms with Gasteiger partial charge in [0, 0.05) is 0 Å². The molecule has 1 aromatic carbocycles. The number of aliphatic hydroxyl groups is 1. The summed E-state index contributed by atoms with van der Waals surface area (Å²) in [7, 11) is 1.70. The second kappa shape index (κ2) is 5.54. The molecule has 0 aliphatic heterocycles. The van der Waals surface area contributed by atoms with Crippen LogP contribution >= 0.6 is 0 Å². The van der Waals surface area contributed by atoms with Crippen molar-refractivity contribution in [1.82, 2.24) is 0 Å². The second-order valence-corrected chi connectivity index (χ2v) is 5.09. The molecule has 2 nitrogen and oxygen atoms in total. The molecule has 2 atom stereocenters. The molecule has 1 aliphatic carbocycles. The number of aliphatic hydroxyl groups excluding tert-OH is 1. The lowest BCUT2D eigenvalue weighted by atomic mass is 9.88. The number of aryl methyl sites for hydroxylation is 1. The molecule has 1 aromatic rings. The molecule has 0 radical (unpaired) electrons. The van der Waals surface area contributed by atoms with Gasteiger partial charge in [0.25, 0.3) is 0 Å². The summed E-state index contributed by atoms with van der Waals surface area (Å²) in [5.74, 6) is 1.43. The maximum absolute atomic E-state index is 9.89. The molecule has 1 aliphatic rings. The van der Waals surface area contributed by atoms with Crippen molar-refractivity contribution in [2.75, 3.05) is 7.11 Å². The zero-order valence-electron chi connectivity index (χ0n) is 10.8. The van der Waals surface area contributed by atoms with Gasteiger partial charge in [0.1, 0.15) is 5.75 Å². The fraction of sp³-hybridized carbons (Fsp3) is 0.600. The topological polar surface area (TPSA) is 29.5 Å². The van der Waals surface area contributed by atoms with E-state index >= 15 is 0 Å². The molecule has 0 aromatic heterocycles. The van der Waals surface area contributed by atoms with Crippen molar-refractivity contribution in [1.29, 1.82) is 0 Å². The molecule has 1 fully saturated rings. The highest BCUT2D eigenvalue weighted by Gasteiger charge is 2.21. The van der Waals surface area contributed by atoms with Crippen molar-refractivity contribution < 1.29 is 9.84 Å². The van der Waals surface area contributed by atoms with Crippen LogP contribution in [0.3, 0.4) is 0 Å². The summed E-state index contributed by atoms with van der Waals surface area (Å²) in [6, 6.07) is 6.28. The second-order valence-electron chi connectivity index (χ2n) is 5.09. The van der Waals surface area contributed by atoms with Crippen molar-refractivity contribution in [3.05, 3.63) is 29.3 Å². The quantitative estimate of drug-likeness (QED) is 0.795. The SMILES string of the molecule is COc1ccc(C2CCCCC(O)C2)c(C)c1. The number of ether oxygens (including phenoxy) is 1. The number of hydrogen-bond acceptors (Lipinski definition) is 2. The van der Waals surface area contributed by atoms with Crippen LogP contribution in [0.5, 0.6) is 5.75 Å². The van der Waals surface area contributed by atoms with E-state index in [-0.39, 0.29) is 6.10 Å². The number of hydrogen-bond donors (Lipinski definition) is 1. The van der Waals surface area contributed by atoms with Crippen molar-refractivity contribution in [3.63, 3.8) is 0 Å². The molecule has 0 bridgehead atoms. The van der Waals surface area contributed by atoms with Crippen LogP contribution in [0.1, 0.15) is 49.1 Å². The first kappa shape index (κ1) is 12.4. The van der Waals surface area contributed by atoms with E-state index in [1.807, 2.05) is 6.07 Å². The van der Waals surface area contributed by atoms with Gasteiger partial charge in [-0.25, -0.2) is 0 Å². The molecule has 94 valence electrons. The summed E-state index contributed by atoms with van der Waals surface area (Å²) >= 11 is 0. The minimum absolute atomic E-state index is 0.121. The molecule has 2 heteroatoms. The molecule has 1 N–H and O–H groups in total. The van der Waals surface area contributed by atoms with E-state index in [1.165, 1.54) is 24.0 Å². The van der Waals surface area contributed by atoms with Crippen molar-refractivity contribution in [3.8, 4) is 5.75 Å². The lowest BCUT2D eigenvalue weighted by Crippen LogP contribution is -2.10. The zero-order valence-corrected chi connectivity index (χ0v) is 10.8. The van der Waals surface area contributed by atoms with Gasteiger partial charge in [-0.15, -0.1) is 0 Å².